The number of carbonyl (C=O) groups excluding carboxylic acids is 1. The van der Waals surface area contributed by atoms with Crippen LogP contribution in [0.15, 0.2) is 29.3 Å². The van der Waals surface area contributed by atoms with Crippen molar-refractivity contribution >= 4 is 12.1 Å². The Morgan fingerprint density at radius 1 is 1.19 bits per heavy atom. The van der Waals surface area contributed by atoms with Crippen LogP contribution < -0.4 is 10.6 Å². The summed E-state index contributed by atoms with van der Waals surface area (Å²) in [6.07, 6.45) is 2.67. The molecule has 1 aromatic carbocycles. The fourth-order valence-corrected chi connectivity index (χ4v) is 4.33. The molecule has 2 aliphatic rings. The number of piperidine rings is 1. The van der Waals surface area contributed by atoms with Crippen molar-refractivity contribution in [2.24, 2.45) is 10.9 Å². The van der Waals surface area contributed by atoms with Crippen LogP contribution in [-0.4, -0.2) is 73.3 Å². The van der Waals surface area contributed by atoms with Gasteiger partial charge in [-0.1, -0.05) is 18.2 Å². The quantitative estimate of drug-likeness (QED) is 0.536. The number of amides is 1. The number of aliphatic imine (C=N–C) groups is 1. The van der Waals surface area contributed by atoms with E-state index in [4.69, 9.17) is 4.74 Å². The molecule has 0 aliphatic carbocycles. The van der Waals surface area contributed by atoms with E-state index < -0.39 is 5.60 Å². The van der Waals surface area contributed by atoms with Crippen molar-refractivity contribution in [2.75, 3.05) is 39.8 Å². The fourth-order valence-electron chi connectivity index (χ4n) is 4.33. The van der Waals surface area contributed by atoms with Crippen LogP contribution in [0.2, 0.25) is 0 Å². The van der Waals surface area contributed by atoms with Crippen LogP contribution in [0.4, 0.5) is 9.18 Å². The van der Waals surface area contributed by atoms with Crippen molar-refractivity contribution in [3.63, 3.8) is 0 Å². The zero-order valence-electron chi connectivity index (χ0n) is 19.9. The molecule has 0 radical (unpaired) electrons. The lowest BCUT2D eigenvalue weighted by molar-refractivity contribution is 0.0507. The first-order chi connectivity index (χ1) is 15.2. The van der Waals surface area contributed by atoms with E-state index in [1.165, 1.54) is 6.07 Å². The molecule has 1 unspecified atom stereocenters. The van der Waals surface area contributed by atoms with Gasteiger partial charge in [0.15, 0.2) is 5.96 Å². The molecule has 0 bridgehead atoms. The smallest absolute Gasteiger partial charge is 0.407 e. The summed E-state index contributed by atoms with van der Waals surface area (Å²) < 4.78 is 19.3. The number of likely N-dealkylation sites (tertiary alicyclic amines) is 2. The average Bonchev–Trinajstić information content (AvgIpc) is 3.18. The Labute approximate surface area is 191 Å². The first kappa shape index (κ1) is 24.3. The van der Waals surface area contributed by atoms with E-state index in [9.17, 15) is 9.18 Å². The minimum Gasteiger partial charge on any atom is -0.444 e. The van der Waals surface area contributed by atoms with E-state index in [2.05, 4.69) is 25.4 Å². The predicted octanol–water partition coefficient (Wildman–Crippen LogP) is 3.21. The molecular formula is C24H38FN5O2. The number of carbonyl (C=O) groups is 1. The molecule has 2 heterocycles. The van der Waals surface area contributed by atoms with Crippen LogP contribution in [0, 0.1) is 11.7 Å². The first-order valence-corrected chi connectivity index (χ1v) is 11.6. The number of guanidine groups is 1. The van der Waals surface area contributed by atoms with Gasteiger partial charge in [-0.15, -0.1) is 0 Å². The zero-order valence-corrected chi connectivity index (χ0v) is 19.9. The lowest BCUT2D eigenvalue weighted by Crippen LogP contribution is -2.46. The van der Waals surface area contributed by atoms with Gasteiger partial charge in [-0.25, -0.2) is 9.18 Å². The Kier molecular flexibility index (Phi) is 8.34. The summed E-state index contributed by atoms with van der Waals surface area (Å²) in [4.78, 5) is 21.0. The average molecular weight is 448 g/mol. The molecule has 8 heteroatoms. The summed E-state index contributed by atoms with van der Waals surface area (Å²) in [6, 6.07) is 7.09. The van der Waals surface area contributed by atoms with Gasteiger partial charge in [0.05, 0.1) is 6.04 Å². The molecule has 0 spiro atoms. The fraction of sp³-hybridized carbons (Fsp3) is 0.667. The number of halogens is 1. The van der Waals surface area contributed by atoms with Gasteiger partial charge in [-0.3, -0.25) is 9.89 Å². The third-order valence-corrected chi connectivity index (χ3v) is 6.03. The van der Waals surface area contributed by atoms with Crippen LogP contribution >= 0.6 is 0 Å². The van der Waals surface area contributed by atoms with Crippen molar-refractivity contribution in [2.45, 2.75) is 58.2 Å². The number of hydrogen-bond acceptors (Lipinski definition) is 4. The Morgan fingerprint density at radius 3 is 2.56 bits per heavy atom. The second-order valence-electron chi connectivity index (χ2n) is 9.82. The summed E-state index contributed by atoms with van der Waals surface area (Å²) in [7, 11) is 1.80. The van der Waals surface area contributed by atoms with Gasteiger partial charge in [0, 0.05) is 38.8 Å². The summed E-state index contributed by atoms with van der Waals surface area (Å²) >= 11 is 0. The first-order valence-electron chi connectivity index (χ1n) is 11.6. The summed E-state index contributed by atoms with van der Waals surface area (Å²) in [5.74, 6) is 1.33. The Hall–Kier alpha value is -2.35. The van der Waals surface area contributed by atoms with Gasteiger partial charge in [0.25, 0.3) is 0 Å². The lowest BCUT2D eigenvalue weighted by atomic mass is 9.96. The standard InChI is InChI=1S/C24H38FN5O2/c1-24(2,3)32-23(31)28-20-11-14-30(17-20)22(26-4)27-15-18-9-12-29(13-10-18)16-19-7-5-6-8-21(19)25/h5-8,18,20H,9-17H2,1-4H3,(H,26,27)(H,28,31). The van der Waals surface area contributed by atoms with Gasteiger partial charge < -0.3 is 20.3 Å². The lowest BCUT2D eigenvalue weighted by Gasteiger charge is -2.33. The second-order valence-corrected chi connectivity index (χ2v) is 9.82. The third-order valence-electron chi connectivity index (χ3n) is 6.03. The van der Waals surface area contributed by atoms with Gasteiger partial charge in [-0.2, -0.15) is 0 Å². The molecule has 2 saturated heterocycles. The molecule has 0 aromatic heterocycles. The number of rotatable bonds is 5. The number of hydrogen-bond donors (Lipinski definition) is 2. The van der Waals surface area contributed by atoms with Gasteiger partial charge in [0.1, 0.15) is 11.4 Å². The number of ether oxygens (including phenoxy) is 1. The largest absolute Gasteiger partial charge is 0.444 e. The molecule has 7 nitrogen and oxygen atoms in total. The monoisotopic (exact) mass is 447 g/mol. The second kappa shape index (κ2) is 11.0. The van der Waals surface area contributed by atoms with Gasteiger partial charge in [-0.05, 0) is 65.1 Å². The molecule has 3 rings (SSSR count). The van der Waals surface area contributed by atoms with Crippen LogP contribution in [0.1, 0.15) is 45.6 Å². The minimum atomic E-state index is -0.495. The predicted molar refractivity (Wildman–Crippen MR) is 125 cm³/mol. The highest BCUT2D eigenvalue weighted by atomic mass is 19.1. The SMILES string of the molecule is CN=C(NCC1CCN(Cc2ccccc2F)CC1)N1CCC(NC(=O)OC(C)(C)C)C1. The maximum atomic E-state index is 13.9. The Morgan fingerprint density at radius 2 is 1.91 bits per heavy atom. The molecule has 1 amide bonds. The van der Waals surface area contributed by atoms with E-state index in [0.717, 1.165) is 63.5 Å². The molecule has 2 aliphatic heterocycles. The van der Waals surface area contributed by atoms with Gasteiger partial charge >= 0.3 is 6.09 Å². The van der Waals surface area contributed by atoms with Crippen LogP contribution in [-0.2, 0) is 11.3 Å². The molecule has 178 valence electrons. The third kappa shape index (κ3) is 7.36. The van der Waals surface area contributed by atoms with Crippen molar-refractivity contribution in [3.8, 4) is 0 Å². The molecule has 32 heavy (non-hydrogen) atoms. The topological polar surface area (TPSA) is 69.2 Å². The zero-order chi connectivity index (χ0) is 23.1. The highest BCUT2D eigenvalue weighted by Gasteiger charge is 2.28. The minimum absolute atomic E-state index is 0.0602. The van der Waals surface area contributed by atoms with Crippen LogP contribution in [0.3, 0.4) is 0 Å². The normalized spacial score (nSPS) is 21.0. The summed E-state index contributed by atoms with van der Waals surface area (Å²) in [5, 5.41) is 6.48. The summed E-state index contributed by atoms with van der Waals surface area (Å²) in [5.41, 5.74) is 0.276. The van der Waals surface area contributed by atoms with E-state index in [-0.39, 0.29) is 18.0 Å². The van der Waals surface area contributed by atoms with E-state index in [1.807, 2.05) is 32.9 Å². The molecule has 2 N–H and O–H groups in total. The molecule has 0 saturated carbocycles. The molecule has 2 fully saturated rings. The van der Waals surface area contributed by atoms with Crippen molar-refractivity contribution < 1.29 is 13.9 Å². The van der Waals surface area contributed by atoms with E-state index in [0.29, 0.717) is 12.5 Å². The highest BCUT2D eigenvalue weighted by Crippen LogP contribution is 2.20. The van der Waals surface area contributed by atoms with Crippen LogP contribution in [0.25, 0.3) is 0 Å². The Bertz CT molecular complexity index is 787. The molecular weight excluding hydrogens is 409 g/mol. The maximum absolute atomic E-state index is 13.9. The number of benzene rings is 1. The number of alkyl carbamates (subject to hydrolysis) is 1. The molecule has 1 atom stereocenters. The van der Waals surface area contributed by atoms with Crippen molar-refractivity contribution in [1.29, 1.82) is 0 Å². The Balaban J connectivity index is 1.38. The van der Waals surface area contributed by atoms with E-state index >= 15 is 0 Å². The van der Waals surface area contributed by atoms with Gasteiger partial charge in [0.2, 0.25) is 0 Å². The highest BCUT2D eigenvalue weighted by molar-refractivity contribution is 5.80. The van der Waals surface area contributed by atoms with Crippen molar-refractivity contribution in [1.82, 2.24) is 20.4 Å². The number of nitrogens with one attached hydrogen (secondary N) is 2. The number of nitrogens with zero attached hydrogens (tertiary/aromatic N) is 3. The summed E-state index contributed by atoms with van der Waals surface area (Å²) in [6.45, 7) is 10.7. The van der Waals surface area contributed by atoms with E-state index in [1.54, 1.807) is 13.1 Å². The van der Waals surface area contributed by atoms with Crippen LogP contribution in [0.5, 0.6) is 0 Å². The van der Waals surface area contributed by atoms with Crippen molar-refractivity contribution in [3.05, 3.63) is 35.6 Å². The maximum Gasteiger partial charge on any atom is 0.407 e. The molecule has 1 aromatic rings.